The Bertz CT molecular complexity index is 1400. The standard InChI is InChI=1S/C23H21ClN4O5S2/c1-14-5-3-6-16(11-14)32-9-4-10-33-19-8-7-15(13-18(19)24)12-17-20(25)28-22(26-21(17)29)34-23(27-28)35(2,30)31/h3,5-8,11-13,25H,4,9-10H2,1-2H3/b17-12+,25-20?. The molecule has 182 valence electrons. The lowest BCUT2D eigenvalue weighted by molar-refractivity contribution is -0.114. The molecule has 0 atom stereocenters. The van der Waals surface area contributed by atoms with Crippen LogP contribution in [0.5, 0.6) is 11.5 Å². The van der Waals surface area contributed by atoms with Crippen LogP contribution in [0.15, 0.2) is 58.1 Å². The second kappa shape index (κ2) is 10.2. The Hall–Kier alpha value is -3.15. The van der Waals surface area contributed by atoms with E-state index >= 15 is 0 Å². The minimum atomic E-state index is -3.59. The minimum absolute atomic E-state index is 0.0331. The van der Waals surface area contributed by atoms with Crippen molar-refractivity contribution in [3.05, 3.63) is 64.2 Å². The van der Waals surface area contributed by atoms with Gasteiger partial charge in [0.15, 0.2) is 5.84 Å². The SMILES string of the molecule is Cc1cccc(OCCCOc2ccc(/C=C3\C(=N)N4N=C(S(C)(=O)=O)SC4=NC3=O)cc2Cl)c1. The third-order valence-corrected chi connectivity index (χ3v) is 7.70. The fourth-order valence-electron chi connectivity index (χ4n) is 3.15. The molecule has 9 nitrogen and oxygen atoms in total. The highest BCUT2D eigenvalue weighted by atomic mass is 35.5. The van der Waals surface area contributed by atoms with Gasteiger partial charge in [-0.3, -0.25) is 10.2 Å². The summed E-state index contributed by atoms with van der Waals surface area (Å²) in [5.74, 6) is 0.360. The lowest BCUT2D eigenvalue weighted by atomic mass is 10.1. The van der Waals surface area contributed by atoms with Gasteiger partial charge in [-0.05, 0) is 60.2 Å². The monoisotopic (exact) mass is 532 g/mol. The average molecular weight is 533 g/mol. The number of carbonyl (C=O) groups is 1. The summed E-state index contributed by atoms with van der Waals surface area (Å²) in [4.78, 5) is 16.3. The van der Waals surface area contributed by atoms with Gasteiger partial charge in [0.2, 0.25) is 19.4 Å². The van der Waals surface area contributed by atoms with Gasteiger partial charge in [-0.25, -0.2) is 8.42 Å². The number of hydrogen-bond donors (Lipinski definition) is 1. The van der Waals surface area contributed by atoms with Crippen LogP contribution < -0.4 is 9.47 Å². The van der Waals surface area contributed by atoms with Crippen molar-refractivity contribution in [1.29, 1.82) is 5.41 Å². The van der Waals surface area contributed by atoms with E-state index in [2.05, 4.69) is 10.1 Å². The Labute approximate surface area is 211 Å². The van der Waals surface area contributed by atoms with Crippen LogP contribution in [0.1, 0.15) is 17.5 Å². The van der Waals surface area contributed by atoms with E-state index in [0.29, 0.717) is 36.0 Å². The second-order valence-electron chi connectivity index (χ2n) is 7.71. The number of amidine groups is 2. The van der Waals surface area contributed by atoms with E-state index in [1.165, 1.54) is 6.08 Å². The largest absolute Gasteiger partial charge is 0.493 e. The normalized spacial score (nSPS) is 16.8. The summed E-state index contributed by atoms with van der Waals surface area (Å²) in [7, 11) is -3.59. The maximum atomic E-state index is 12.5. The summed E-state index contributed by atoms with van der Waals surface area (Å²) < 4.78 is 34.7. The van der Waals surface area contributed by atoms with Crippen LogP contribution in [-0.2, 0) is 14.6 Å². The van der Waals surface area contributed by atoms with Gasteiger partial charge in [0.05, 0.1) is 23.8 Å². The van der Waals surface area contributed by atoms with E-state index in [-0.39, 0.29) is 21.0 Å². The van der Waals surface area contributed by atoms with Crippen molar-refractivity contribution in [2.45, 2.75) is 13.3 Å². The summed E-state index contributed by atoms with van der Waals surface area (Å²) in [6.07, 6.45) is 3.11. The number of hydrogen-bond acceptors (Lipinski definition) is 8. The Morgan fingerprint density at radius 1 is 1.17 bits per heavy atom. The number of sulfone groups is 1. The van der Waals surface area contributed by atoms with Crippen molar-refractivity contribution in [1.82, 2.24) is 5.01 Å². The summed E-state index contributed by atoms with van der Waals surface area (Å²) >= 11 is 7.08. The first-order valence-electron chi connectivity index (χ1n) is 10.4. The third kappa shape index (κ3) is 5.92. The van der Waals surface area contributed by atoms with E-state index in [4.69, 9.17) is 26.5 Å². The molecular formula is C23H21ClN4O5S2. The van der Waals surface area contributed by atoms with Gasteiger partial charge in [-0.15, -0.1) is 5.10 Å². The van der Waals surface area contributed by atoms with E-state index < -0.39 is 15.7 Å². The predicted octanol–water partition coefficient (Wildman–Crippen LogP) is 4.12. The molecule has 1 amide bonds. The zero-order valence-corrected chi connectivity index (χ0v) is 21.2. The van der Waals surface area contributed by atoms with Crippen molar-refractivity contribution >= 4 is 60.6 Å². The van der Waals surface area contributed by atoms with Crippen molar-refractivity contribution in [2.24, 2.45) is 10.1 Å². The molecule has 0 aromatic heterocycles. The van der Waals surface area contributed by atoms with Crippen LogP contribution >= 0.6 is 23.4 Å². The van der Waals surface area contributed by atoms with Crippen molar-refractivity contribution in [3.63, 3.8) is 0 Å². The van der Waals surface area contributed by atoms with Crippen LogP contribution in [0, 0.1) is 12.3 Å². The maximum Gasteiger partial charge on any atom is 0.283 e. The molecule has 0 saturated carbocycles. The van der Waals surface area contributed by atoms with E-state index in [1.807, 2.05) is 31.2 Å². The van der Waals surface area contributed by atoms with E-state index in [1.54, 1.807) is 18.2 Å². The number of hydrazone groups is 1. The smallest absolute Gasteiger partial charge is 0.283 e. The average Bonchev–Trinajstić information content (AvgIpc) is 3.22. The van der Waals surface area contributed by atoms with Crippen molar-refractivity contribution in [2.75, 3.05) is 19.5 Å². The number of halogens is 1. The Balaban J connectivity index is 1.38. The molecule has 0 bridgehead atoms. The molecule has 2 aromatic rings. The fraction of sp³-hybridized carbons (Fsp3) is 0.217. The Morgan fingerprint density at radius 3 is 2.66 bits per heavy atom. The number of benzene rings is 2. The molecule has 0 radical (unpaired) electrons. The number of fused-ring (bicyclic) bond motifs is 1. The first-order chi connectivity index (χ1) is 16.6. The molecule has 0 saturated heterocycles. The summed E-state index contributed by atoms with van der Waals surface area (Å²) in [6.45, 7) is 2.90. The number of amides is 1. The highest BCUT2D eigenvalue weighted by Gasteiger charge is 2.38. The maximum absolute atomic E-state index is 12.5. The zero-order chi connectivity index (χ0) is 25.2. The van der Waals surface area contributed by atoms with Gasteiger partial charge in [0.25, 0.3) is 5.91 Å². The van der Waals surface area contributed by atoms with Gasteiger partial charge in [0, 0.05) is 12.7 Å². The van der Waals surface area contributed by atoms with E-state index in [0.717, 1.165) is 34.3 Å². The van der Waals surface area contributed by atoms with Crippen LogP contribution in [0.4, 0.5) is 0 Å². The molecule has 2 aromatic carbocycles. The number of rotatable bonds is 7. The van der Waals surface area contributed by atoms with Gasteiger partial charge in [-0.2, -0.15) is 10.0 Å². The zero-order valence-electron chi connectivity index (χ0n) is 18.8. The fourth-order valence-corrected chi connectivity index (χ4v) is 5.08. The lowest BCUT2D eigenvalue weighted by Crippen LogP contribution is -2.35. The molecule has 4 rings (SSSR count). The van der Waals surface area contributed by atoms with Crippen LogP contribution in [0.2, 0.25) is 5.02 Å². The number of thioether (sulfide) groups is 1. The van der Waals surface area contributed by atoms with Gasteiger partial charge < -0.3 is 9.47 Å². The molecule has 2 aliphatic heterocycles. The van der Waals surface area contributed by atoms with Gasteiger partial charge in [0.1, 0.15) is 11.5 Å². The first-order valence-corrected chi connectivity index (χ1v) is 13.5. The molecule has 0 spiro atoms. The molecule has 0 aliphatic carbocycles. The Kier molecular flexibility index (Phi) is 7.29. The lowest BCUT2D eigenvalue weighted by Gasteiger charge is -2.20. The highest BCUT2D eigenvalue weighted by Crippen LogP contribution is 2.31. The topological polar surface area (TPSA) is 121 Å². The molecule has 12 heteroatoms. The number of nitrogens with zero attached hydrogens (tertiary/aromatic N) is 3. The molecule has 0 unspecified atom stereocenters. The summed E-state index contributed by atoms with van der Waals surface area (Å²) in [5.41, 5.74) is 1.64. The number of ether oxygens (including phenoxy) is 2. The van der Waals surface area contributed by atoms with Crippen molar-refractivity contribution in [3.8, 4) is 11.5 Å². The molecular weight excluding hydrogens is 512 g/mol. The second-order valence-corrected chi connectivity index (χ2v) is 11.3. The van der Waals surface area contributed by atoms with Crippen LogP contribution in [0.25, 0.3) is 6.08 Å². The molecule has 35 heavy (non-hydrogen) atoms. The minimum Gasteiger partial charge on any atom is -0.493 e. The number of aryl methyl sites for hydroxylation is 1. The van der Waals surface area contributed by atoms with Gasteiger partial charge >= 0.3 is 0 Å². The first kappa shape index (κ1) is 25.0. The van der Waals surface area contributed by atoms with Crippen molar-refractivity contribution < 1.29 is 22.7 Å². The number of nitrogens with one attached hydrogen (secondary N) is 1. The molecule has 2 aliphatic rings. The summed E-state index contributed by atoms with van der Waals surface area (Å²) in [5, 5.41) is 13.6. The van der Waals surface area contributed by atoms with Crippen LogP contribution in [-0.4, -0.2) is 54.2 Å². The Morgan fingerprint density at radius 2 is 1.94 bits per heavy atom. The molecule has 2 heterocycles. The number of carbonyl (C=O) groups excluding carboxylic acids is 1. The van der Waals surface area contributed by atoms with Gasteiger partial charge in [-0.1, -0.05) is 29.8 Å². The van der Waals surface area contributed by atoms with E-state index in [9.17, 15) is 13.2 Å². The summed E-state index contributed by atoms with van der Waals surface area (Å²) in [6, 6.07) is 12.8. The predicted molar refractivity (Wildman–Crippen MR) is 138 cm³/mol. The molecule has 0 fully saturated rings. The third-order valence-electron chi connectivity index (χ3n) is 4.82. The quantitative estimate of drug-likeness (QED) is 0.420. The van der Waals surface area contributed by atoms with Crippen LogP contribution in [0.3, 0.4) is 0 Å². The molecule has 1 N–H and O–H groups in total. The number of aliphatic imine (C=N–C) groups is 1. The highest BCUT2D eigenvalue weighted by molar-refractivity contribution is 8.42.